The fourth-order valence-electron chi connectivity index (χ4n) is 3.27. The minimum absolute atomic E-state index is 0.00812. The van der Waals surface area contributed by atoms with E-state index in [1.807, 2.05) is 77.3 Å². The van der Waals surface area contributed by atoms with E-state index >= 15 is 0 Å². The van der Waals surface area contributed by atoms with Gasteiger partial charge >= 0.3 is 5.97 Å². The number of hydrogen-bond donors (Lipinski definition) is 1. The predicted octanol–water partition coefficient (Wildman–Crippen LogP) is 5.21. The summed E-state index contributed by atoms with van der Waals surface area (Å²) < 4.78 is 13.0. The number of rotatable bonds is 8. The largest absolute Gasteiger partial charge is 0.485 e. The molecule has 6 nitrogen and oxygen atoms in total. The molecule has 0 amide bonds. The van der Waals surface area contributed by atoms with Crippen molar-refractivity contribution in [1.29, 1.82) is 0 Å². The molecule has 0 fully saturated rings. The maximum atomic E-state index is 12.0. The molecule has 4 rings (SSSR count). The molecule has 2 aromatic carbocycles. The lowest BCUT2D eigenvalue weighted by Gasteiger charge is -2.10. The zero-order chi connectivity index (χ0) is 21.6. The molecule has 0 saturated carbocycles. The van der Waals surface area contributed by atoms with Gasteiger partial charge in [0.2, 0.25) is 0 Å². The van der Waals surface area contributed by atoms with Crippen LogP contribution >= 0.6 is 11.6 Å². The van der Waals surface area contributed by atoms with Gasteiger partial charge in [-0.15, -0.1) is 0 Å². The zero-order valence-corrected chi connectivity index (χ0v) is 17.8. The molecule has 4 aromatic rings. The normalized spacial score (nSPS) is 10.8. The van der Waals surface area contributed by atoms with Crippen molar-refractivity contribution in [2.24, 2.45) is 0 Å². The van der Waals surface area contributed by atoms with Gasteiger partial charge in [0.1, 0.15) is 24.7 Å². The summed E-state index contributed by atoms with van der Waals surface area (Å²) in [5.41, 5.74) is 3.07. The lowest BCUT2D eigenvalue weighted by atomic mass is 10.1. The lowest BCUT2D eigenvalue weighted by molar-refractivity contribution is -0.140. The van der Waals surface area contributed by atoms with Crippen molar-refractivity contribution in [3.05, 3.63) is 83.5 Å². The van der Waals surface area contributed by atoms with Crippen molar-refractivity contribution < 1.29 is 14.3 Å². The van der Waals surface area contributed by atoms with Crippen LogP contribution in [-0.2, 0) is 16.1 Å². The molecule has 0 bridgehead atoms. The van der Waals surface area contributed by atoms with Crippen LogP contribution in [0.15, 0.2) is 72.9 Å². The first-order chi connectivity index (χ1) is 15.2. The number of aromatic nitrogens is 2. The van der Waals surface area contributed by atoms with Gasteiger partial charge in [-0.25, -0.2) is 4.98 Å². The maximum Gasteiger partial charge on any atom is 0.325 e. The van der Waals surface area contributed by atoms with Crippen LogP contribution in [0, 0.1) is 0 Å². The molecular formula is C24H22ClN3O3. The van der Waals surface area contributed by atoms with Crippen LogP contribution in [0.3, 0.4) is 0 Å². The summed E-state index contributed by atoms with van der Waals surface area (Å²) in [7, 11) is 0. The Hall–Kier alpha value is -3.51. The quantitative estimate of drug-likeness (QED) is 0.385. The van der Waals surface area contributed by atoms with E-state index in [0.29, 0.717) is 41.1 Å². The summed E-state index contributed by atoms with van der Waals surface area (Å²) in [6, 6.07) is 21.1. The molecule has 1 N–H and O–H groups in total. The highest BCUT2D eigenvalue weighted by molar-refractivity contribution is 6.33. The maximum absolute atomic E-state index is 12.0. The highest BCUT2D eigenvalue weighted by Crippen LogP contribution is 2.35. The molecule has 0 aliphatic heterocycles. The summed E-state index contributed by atoms with van der Waals surface area (Å²) in [5, 5.41) is 3.73. The Morgan fingerprint density at radius 3 is 2.61 bits per heavy atom. The lowest BCUT2D eigenvalue weighted by Crippen LogP contribution is -2.18. The van der Waals surface area contributed by atoms with Gasteiger partial charge in [-0.1, -0.05) is 60.1 Å². The van der Waals surface area contributed by atoms with Gasteiger partial charge in [0.15, 0.2) is 11.4 Å². The van der Waals surface area contributed by atoms with Crippen LogP contribution in [0.25, 0.3) is 16.9 Å². The number of halogens is 1. The Balaban J connectivity index is 1.74. The second-order valence-electron chi connectivity index (χ2n) is 6.79. The number of ether oxygens (including phenoxy) is 2. The van der Waals surface area contributed by atoms with Crippen LogP contribution < -0.4 is 10.1 Å². The third-order valence-electron chi connectivity index (χ3n) is 4.69. The van der Waals surface area contributed by atoms with E-state index in [2.05, 4.69) is 5.32 Å². The average molecular weight is 436 g/mol. The molecule has 158 valence electrons. The Morgan fingerprint density at radius 1 is 1.06 bits per heavy atom. The van der Waals surface area contributed by atoms with Crippen molar-refractivity contribution in [2.75, 3.05) is 18.5 Å². The van der Waals surface area contributed by atoms with Gasteiger partial charge in [0.25, 0.3) is 0 Å². The number of fused-ring (bicyclic) bond motifs is 1. The first kappa shape index (κ1) is 20.8. The summed E-state index contributed by atoms with van der Waals surface area (Å²) in [4.78, 5) is 16.8. The Morgan fingerprint density at radius 2 is 1.84 bits per heavy atom. The van der Waals surface area contributed by atoms with E-state index in [0.717, 1.165) is 11.1 Å². The molecule has 2 heterocycles. The molecule has 0 atom stereocenters. The van der Waals surface area contributed by atoms with Crippen molar-refractivity contribution in [3.8, 4) is 17.0 Å². The monoisotopic (exact) mass is 435 g/mol. The molecule has 7 heteroatoms. The van der Waals surface area contributed by atoms with Crippen LogP contribution in [0.5, 0.6) is 5.75 Å². The topological polar surface area (TPSA) is 64.9 Å². The number of nitrogens with one attached hydrogen (secondary N) is 1. The Labute approximate surface area is 185 Å². The summed E-state index contributed by atoms with van der Waals surface area (Å²) in [6.07, 6.45) is 1.87. The van der Waals surface area contributed by atoms with Crippen molar-refractivity contribution in [3.63, 3.8) is 0 Å². The smallest absolute Gasteiger partial charge is 0.325 e. The average Bonchev–Trinajstić information content (AvgIpc) is 3.16. The SMILES string of the molecule is CCOC(=O)CNc1c(-c2ccccc2Cl)nc2c(OCc3ccccc3)cccn12. The second kappa shape index (κ2) is 9.53. The number of benzene rings is 2. The highest BCUT2D eigenvalue weighted by Gasteiger charge is 2.19. The van der Waals surface area contributed by atoms with E-state index < -0.39 is 0 Å². The van der Waals surface area contributed by atoms with Crippen molar-refractivity contribution in [1.82, 2.24) is 9.38 Å². The third-order valence-corrected chi connectivity index (χ3v) is 5.02. The van der Waals surface area contributed by atoms with Gasteiger partial charge < -0.3 is 14.8 Å². The van der Waals surface area contributed by atoms with E-state index in [4.69, 9.17) is 26.1 Å². The van der Waals surface area contributed by atoms with Crippen molar-refractivity contribution in [2.45, 2.75) is 13.5 Å². The number of imidazole rings is 1. The van der Waals surface area contributed by atoms with E-state index in [1.165, 1.54) is 0 Å². The first-order valence-electron chi connectivity index (χ1n) is 9.99. The summed E-state index contributed by atoms with van der Waals surface area (Å²) in [5.74, 6) is 0.921. The number of carbonyl (C=O) groups is 1. The third kappa shape index (κ3) is 4.64. The molecule has 0 aliphatic carbocycles. The van der Waals surface area contributed by atoms with Crippen LogP contribution in [0.2, 0.25) is 5.02 Å². The zero-order valence-electron chi connectivity index (χ0n) is 17.0. The second-order valence-corrected chi connectivity index (χ2v) is 7.19. The number of anilines is 1. The fraction of sp³-hybridized carbons (Fsp3) is 0.167. The molecule has 31 heavy (non-hydrogen) atoms. The Kier molecular flexibility index (Phi) is 6.38. The van der Waals surface area contributed by atoms with Gasteiger partial charge in [-0.2, -0.15) is 0 Å². The number of pyridine rings is 1. The number of esters is 1. The van der Waals surface area contributed by atoms with E-state index in [9.17, 15) is 4.79 Å². The van der Waals surface area contributed by atoms with Gasteiger partial charge in [-0.05, 0) is 30.7 Å². The van der Waals surface area contributed by atoms with Crippen LogP contribution in [0.4, 0.5) is 5.82 Å². The predicted molar refractivity (Wildman–Crippen MR) is 122 cm³/mol. The summed E-state index contributed by atoms with van der Waals surface area (Å²) >= 11 is 6.45. The van der Waals surface area contributed by atoms with E-state index in [1.54, 1.807) is 6.92 Å². The van der Waals surface area contributed by atoms with Gasteiger partial charge in [0, 0.05) is 11.8 Å². The number of hydrogen-bond acceptors (Lipinski definition) is 5. The molecule has 0 unspecified atom stereocenters. The molecule has 0 aliphatic rings. The summed E-state index contributed by atoms with van der Waals surface area (Å²) in [6.45, 7) is 2.52. The van der Waals surface area contributed by atoms with Crippen molar-refractivity contribution >= 4 is 29.0 Å². The first-order valence-corrected chi connectivity index (χ1v) is 10.4. The molecule has 0 radical (unpaired) electrons. The Bertz CT molecular complexity index is 1190. The van der Waals surface area contributed by atoms with Gasteiger partial charge in [-0.3, -0.25) is 9.20 Å². The van der Waals surface area contributed by atoms with Crippen LogP contribution in [0.1, 0.15) is 12.5 Å². The molecule has 0 saturated heterocycles. The highest BCUT2D eigenvalue weighted by atomic mass is 35.5. The molecular weight excluding hydrogens is 414 g/mol. The minimum atomic E-state index is -0.348. The standard InChI is InChI=1S/C24H22ClN3O3/c1-2-30-21(29)15-26-24-22(18-11-6-7-12-19(18)25)27-23-20(13-8-14-28(23)24)31-16-17-9-4-3-5-10-17/h3-14,26H,2,15-16H2,1H3. The van der Waals surface area contributed by atoms with Gasteiger partial charge in [0.05, 0.1) is 11.6 Å². The number of nitrogens with zero attached hydrogens (tertiary/aromatic N) is 2. The number of carbonyl (C=O) groups excluding carboxylic acids is 1. The molecule has 0 spiro atoms. The molecule has 2 aromatic heterocycles. The minimum Gasteiger partial charge on any atom is -0.485 e. The van der Waals surface area contributed by atoms with Crippen LogP contribution in [-0.4, -0.2) is 28.5 Å². The van der Waals surface area contributed by atoms with E-state index in [-0.39, 0.29) is 12.5 Å². The fourth-order valence-corrected chi connectivity index (χ4v) is 3.49.